The third-order valence-corrected chi connectivity index (χ3v) is 2.36. The molecule has 0 aliphatic carbocycles. The first-order valence-corrected chi connectivity index (χ1v) is 5.61. The van der Waals surface area contributed by atoms with Crippen molar-refractivity contribution in [2.45, 2.75) is 6.42 Å². The van der Waals surface area contributed by atoms with E-state index in [1.807, 2.05) is 7.05 Å². The number of nitrogens with two attached hydrogens (primary N) is 1. The zero-order valence-electron chi connectivity index (χ0n) is 9.00. The highest BCUT2D eigenvalue weighted by atomic mass is 28.3. The molecular weight excluding hydrogens is 188 g/mol. The van der Waals surface area contributed by atoms with Crippen LogP contribution in [0.15, 0.2) is 0 Å². The zero-order valence-corrected chi connectivity index (χ0v) is 10.2. The second-order valence-corrected chi connectivity index (χ2v) is 4.23. The largest absolute Gasteiger partial charge is 0.483 e. The molecule has 0 saturated carbocycles. The maximum Gasteiger partial charge on any atom is 0.483 e. The average Bonchev–Trinajstić information content (AvgIpc) is 2.18. The minimum Gasteiger partial charge on any atom is -0.379 e. The second-order valence-electron chi connectivity index (χ2n) is 2.24. The van der Waals surface area contributed by atoms with Gasteiger partial charge in [-0.25, -0.2) is 0 Å². The summed E-state index contributed by atoms with van der Waals surface area (Å²) >= 11 is 0. The summed E-state index contributed by atoms with van der Waals surface area (Å²) in [7, 11) is 4.97. The Morgan fingerprint density at radius 2 is 1.62 bits per heavy atom. The van der Waals surface area contributed by atoms with Crippen molar-refractivity contribution in [3.63, 3.8) is 0 Å². The molecule has 0 aliphatic heterocycles. The first-order valence-electron chi connectivity index (χ1n) is 4.19. The Bertz CT molecular complexity index is 74.6. The van der Waals surface area contributed by atoms with Crippen molar-refractivity contribution in [3.05, 3.63) is 0 Å². The average molecular weight is 210 g/mol. The topological polar surface area (TPSA) is 65.7 Å². The Hall–Kier alpha value is 0.0169. The summed E-state index contributed by atoms with van der Waals surface area (Å²) in [6, 6.07) is 0. The molecule has 0 rings (SSSR count). The van der Waals surface area contributed by atoms with Crippen LogP contribution in [0.2, 0.25) is 0 Å². The van der Waals surface area contributed by atoms with Crippen LogP contribution in [0, 0.1) is 0 Å². The summed E-state index contributed by atoms with van der Waals surface area (Å²) in [4.78, 5) is 0. The van der Waals surface area contributed by atoms with E-state index in [1.165, 1.54) is 0 Å². The summed E-state index contributed by atoms with van der Waals surface area (Å²) in [5.74, 6) is 0. The molecule has 0 aliphatic rings. The van der Waals surface area contributed by atoms with Crippen LogP contribution in [0.25, 0.3) is 0 Å². The predicted octanol–water partition coefficient (Wildman–Crippen LogP) is -0.803. The van der Waals surface area contributed by atoms with Crippen LogP contribution in [0.1, 0.15) is 6.42 Å². The summed E-state index contributed by atoms with van der Waals surface area (Å²) in [6.45, 7) is 1.83. The molecule has 0 aromatic heterocycles. The lowest BCUT2D eigenvalue weighted by Gasteiger charge is -2.05. The maximum atomic E-state index is 5.17. The lowest BCUT2D eigenvalue weighted by atomic mass is 10.4. The standard InChI is InChI=1S/C4H12N2.C3H10O3Si/c1-6-4-2-3-5;1-4-7(5-2)6-3/h6H,2-5H2,1H3;7H,1-3H3. The molecule has 0 spiro atoms. The Labute approximate surface area is 82.5 Å². The van der Waals surface area contributed by atoms with Gasteiger partial charge in [-0.1, -0.05) is 0 Å². The van der Waals surface area contributed by atoms with E-state index in [9.17, 15) is 0 Å². The highest BCUT2D eigenvalue weighted by Crippen LogP contribution is 1.81. The molecule has 82 valence electrons. The van der Waals surface area contributed by atoms with Gasteiger partial charge in [-0.2, -0.15) is 0 Å². The molecule has 0 amide bonds. The van der Waals surface area contributed by atoms with Gasteiger partial charge in [-0.15, -0.1) is 0 Å². The molecule has 0 bridgehead atoms. The van der Waals surface area contributed by atoms with Gasteiger partial charge >= 0.3 is 9.53 Å². The Morgan fingerprint density at radius 3 is 1.69 bits per heavy atom. The summed E-state index contributed by atoms with van der Waals surface area (Å²) < 4.78 is 14.2. The van der Waals surface area contributed by atoms with E-state index in [0.717, 1.165) is 19.5 Å². The quantitative estimate of drug-likeness (QED) is 0.444. The van der Waals surface area contributed by atoms with Gasteiger partial charge in [0, 0.05) is 21.3 Å². The number of nitrogens with one attached hydrogen (secondary N) is 1. The molecule has 0 heterocycles. The number of rotatable bonds is 6. The molecule has 0 atom stereocenters. The molecule has 6 heteroatoms. The summed E-state index contributed by atoms with van der Waals surface area (Å²) in [5, 5.41) is 2.99. The third-order valence-electron chi connectivity index (χ3n) is 1.21. The van der Waals surface area contributed by atoms with Crippen LogP contribution in [0.3, 0.4) is 0 Å². The van der Waals surface area contributed by atoms with Crippen molar-refractivity contribution in [2.24, 2.45) is 5.73 Å². The highest BCUT2D eigenvalue weighted by molar-refractivity contribution is 6.36. The summed E-state index contributed by atoms with van der Waals surface area (Å²) in [6.07, 6.45) is 1.08. The van der Waals surface area contributed by atoms with E-state index in [-0.39, 0.29) is 0 Å². The molecule has 5 nitrogen and oxygen atoms in total. The van der Waals surface area contributed by atoms with Crippen LogP contribution in [0.5, 0.6) is 0 Å². The highest BCUT2D eigenvalue weighted by Gasteiger charge is 2.04. The molecule has 0 fully saturated rings. The summed E-state index contributed by atoms with van der Waals surface area (Å²) in [5.41, 5.74) is 5.17. The molecule has 13 heavy (non-hydrogen) atoms. The van der Waals surface area contributed by atoms with Gasteiger partial charge in [-0.3, -0.25) is 0 Å². The van der Waals surface area contributed by atoms with E-state index in [0.29, 0.717) is 0 Å². The van der Waals surface area contributed by atoms with Crippen molar-refractivity contribution < 1.29 is 13.3 Å². The molecule has 0 aromatic rings. The Balaban J connectivity index is 0. The van der Waals surface area contributed by atoms with Crippen molar-refractivity contribution in [2.75, 3.05) is 41.5 Å². The second kappa shape index (κ2) is 14.5. The molecule has 0 aromatic carbocycles. The van der Waals surface area contributed by atoms with Gasteiger partial charge in [0.2, 0.25) is 0 Å². The predicted molar refractivity (Wildman–Crippen MR) is 55.8 cm³/mol. The Kier molecular flexibility index (Phi) is 17.3. The molecule has 0 saturated heterocycles. The number of hydrogen-bond acceptors (Lipinski definition) is 5. The maximum absolute atomic E-state index is 5.17. The number of hydrogen-bond donors (Lipinski definition) is 2. The van der Waals surface area contributed by atoms with Gasteiger partial charge in [0.05, 0.1) is 0 Å². The smallest absolute Gasteiger partial charge is 0.379 e. The fourth-order valence-electron chi connectivity index (χ4n) is 0.568. The normalized spacial score (nSPS) is 9.69. The minimum absolute atomic E-state index is 0.792. The van der Waals surface area contributed by atoms with Crippen LogP contribution in [0.4, 0.5) is 0 Å². The van der Waals surface area contributed by atoms with E-state index in [1.54, 1.807) is 21.3 Å². The van der Waals surface area contributed by atoms with Gasteiger partial charge in [0.1, 0.15) is 0 Å². The van der Waals surface area contributed by atoms with Gasteiger partial charge in [0.25, 0.3) is 0 Å². The van der Waals surface area contributed by atoms with E-state index < -0.39 is 9.53 Å². The first kappa shape index (κ1) is 15.5. The van der Waals surface area contributed by atoms with E-state index in [2.05, 4.69) is 5.32 Å². The Morgan fingerprint density at radius 1 is 1.15 bits per heavy atom. The molecule has 0 radical (unpaired) electrons. The lowest BCUT2D eigenvalue weighted by Crippen LogP contribution is -2.21. The zero-order chi connectivity index (χ0) is 10.5. The van der Waals surface area contributed by atoms with Crippen LogP contribution >= 0.6 is 0 Å². The lowest BCUT2D eigenvalue weighted by molar-refractivity contribution is 0.163. The molecule has 3 N–H and O–H groups in total. The van der Waals surface area contributed by atoms with Crippen molar-refractivity contribution in [1.29, 1.82) is 0 Å². The van der Waals surface area contributed by atoms with Crippen LogP contribution in [-0.4, -0.2) is 51.0 Å². The fraction of sp³-hybridized carbons (Fsp3) is 1.00. The third kappa shape index (κ3) is 14.8. The minimum atomic E-state index is -1.67. The van der Waals surface area contributed by atoms with Gasteiger partial charge < -0.3 is 24.3 Å². The van der Waals surface area contributed by atoms with E-state index >= 15 is 0 Å². The van der Waals surface area contributed by atoms with Crippen LogP contribution < -0.4 is 11.1 Å². The van der Waals surface area contributed by atoms with Crippen molar-refractivity contribution in [1.82, 2.24) is 5.32 Å². The fourth-order valence-corrected chi connectivity index (χ4v) is 1.14. The van der Waals surface area contributed by atoms with Gasteiger partial charge in [-0.05, 0) is 26.6 Å². The van der Waals surface area contributed by atoms with Crippen LogP contribution in [-0.2, 0) is 13.3 Å². The van der Waals surface area contributed by atoms with Crippen molar-refractivity contribution >= 4 is 9.53 Å². The molecule has 0 unspecified atom stereocenters. The van der Waals surface area contributed by atoms with Crippen molar-refractivity contribution in [3.8, 4) is 0 Å². The van der Waals surface area contributed by atoms with Gasteiger partial charge in [0.15, 0.2) is 0 Å². The molecular formula is C7H22N2O3Si. The van der Waals surface area contributed by atoms with E-state index in [4.69, 9.17) is 19.0 Å². The monoisotopic (exact) mass is 210 g/mol. The SMILES string of the molecule is CNCCCN.CO[SiH](OC)OC. The first-order chi connectivity index (χ1) is 6.26.